The van der Waals surface area contributed by atoms with Gasteiger partial charge in [-0.15, -0.1) is 0 Å². The second-order valence-corrected chi connectivity index (χ2v) is 4.77. The van der Waals surface area contributed by atoms with Crippen molar-refractivity contribution in [3.8, 4) is 11.5 Å². The van der Waals surface area contributed by atoms with Crippen molar-refractivity contribution in [2.75, 3.05) is 27.4 Å². The third-order valence-corrected chi connectivity index (χ3v) is 3.24. The molecule has 2 atom stereocenters. The summed E-state index contributed by atoms with van der Waals surface area (Å²) in [5.41, 5.74) is 7.65. The minimum atomic E-state index is -0.612. The molecular weight excluding hydrogens is 232 g/mol. The van der Waals surface area contributed by atoms with E-state index in [1.54, 1.807) is 0 Å². The molecule has 1 aliphatic heterocycles. The van der Waals surface area contributed by atoms with E-state index < -0.39 is 6.10 Å². The molecule has 1 heterocycles. The Hall–Kier alpha value is -1.30. The van der Waals surface area contributed by atoms with Crippen LogP contribution < -0.4 is 15.2 Å². The van der Waals surface area contributed by atoms with Gasteiger partial charge in [-0.2, -0.15) is 0 Å². The lowest BCUT2D eigenvalue weighted by Crippen LogP contribution is -2.36. The maximum atomic E-state index is 10.1. The number of aliphatic hydroxyl groups excluding tert-OH is 1. The molecular formula is C13H20N2O3. The number of likely N-dealkylation sites (N-methyl/N-ethyl adjacent to an activating group) is 1. The number of benzene rings is 1. The Labute approximate surface area is 107 Å². The van der Waals surface area contributed by atoms with Crippen LogP contribution in [0.2, 0.25) is 0 Å². The lowest BCUT2D eigenvalue weighted by atomic mass is 9.95. The Morgan fingerprint density at radius 1 is 1.33 bits per heavy atom. The number of rotatable bonds is 4. The number of fused-ring (bicyclic) bond motifs is 1. The smallest absolute Gasteiger partial charge is 0.231 e. The first-order valence-corrected chi connectivity index (χ1v) is 5.99. The topological polar surface area (TPSA) is 68.0 Å². The molecule has 0 aliphatic carbocycles. The molecule has 0 saturated heterocycles. The first-order chi connectivity index (χ1) is 8.54. The lowest BCUT2D eigenvalue weighted by molar-refractivity contribution is 0.0819. The van der Waals surface area contributed by atoms with E-state index in [0.29, 0.717) is 0 Å². The zero-order valence-electron chi connectivity index (χ0n) is 11.0. The highest BCUT2D eigenvalue weighted by Crippen LogP contribution is 2.38. The average Bonchev–Trinajstić information content (AvgIpc) is 2.75. The van der Waals surface area contributed by atoms with E-state index in [1.165, 1.54) is 0 Å². The molecule has 5 nitrogen and oxygen atoms in total. The standard InChI is InChI=1S/C13H20N2O3/c1-8-4-11-12(18-7-17-11)5-9(8)13(15(2)3)10(16)6-14/h4-5,10,13,16H,6-7,14H2,1-3H3. The van der Waals surface area contributed by atoms with Crippen molar-refractivity contribution in [1.29, 1.82) is 0 Å². The molecule has 1 aromatic carbocycles. The molecule has 1 aromatic rings. The van der Waals surface area contributed by atoms with Crippen LogP contribution in [0.15, 0.2) is 12.1 Å². The molecule has 0 radical (unpaired) electrons. The van der Waals surface area contributed by atoms with Crippen molar-refractivity contribution in [2.45, 2.75) is 19.1 Å². The third-order valence-electron chi connectivity index (χ3n) is 3.24. The summed E-state index contributed by atoms with van der Waals surface area (Å²) in [6.45, 7) is 2.47. The van der Waals surface area contributed by atoms with E-state index in [1.807, 2.05) is 38.1 Å². The van der Waals surface area contributed by atoms with Crippen molar-refractivity contribution < 1.29 is 14.6 Å². The molecule has 0 bridgehead atoms. The van der Waals surface area contributed by atoms with Crippen LogP contribution in [0.4, 0.5) is 0 Å². The minimum Gasteiger partial charge on any atom is -0.454 e. The van der Waals surface area contributed by atoms with E-state index in [4.69, 9.17) is 15.2 Å². The van der Waals surface area contributed by atoms with Crippen LogP contribution in [0.3, 0.4) is 0 Å². The molecule has 18 heavy (non-hydrogen) atoms. The maximum absolute atomic E-state index is 10.1. The largest absolute Gasteiger partial charge is 0.454 e. The van der Waals surface area contributed by atoms with Crippen molar-refractivity contribution in [3.05, 3.63) is 23.3 Å². The van der Waals surface area contributed by atoms with E-state index in [-0.39, 0.29) is 19.4 Å². The van der Waals surface area contributed by atoms with Crippen molar-refractivity contribution in [2.24, 2.45) is 5.73 Å². The number of nitrogens with two attached hydrogens (primary N) is 1. The van der Waals surface area contributed by atoms with Gasteiger partial charge in [-0.1, -0.05) is 0 Å². The highest BCUT2D eigenvalue weighted by molar-refractivity contribution is 5.49. The molecule has 0 amide bonds. The Balaban J connectivity index is 2.41. The monoisotopic (exact) mass is 252 g/mol. The van der Waals surface area contributed by atoms with E-state index in [0.717, 1.165) is 22.6 Å². The SMILES string of the molecule is Cc1cc2c(cc1C(C(O)CN)N(C)C)OCO2. The zero-order valence-corrected chi connectivity index (χ0v) is 11.0. The number of aliphatic hydroxyl groups is 1. The number of hydrogen-bond donors (Lipinski definition) is 2. The van der Waals surface area contributed by atoms with Gasteiger partial charge in [-0.05, 0) is 44.3 Å². The van der Waals surface area contributed by atoms with Crippen molar-refractivity contribution in [3.63, 3.8) is 0 Å². The fourth-order valence-electron chi connectivity index (χ4n) is 2.34. The molecule has 1 aliphatic rings. The molecule has 0 aromatic heterocycles. The summed E-state index contributed by atoms with van der Waals surface area (Å²) in [6, 6.07) is 3.73. The van der Waals surface area contributed by atoms with Crippen LogP contribution in [0.5, 0.6) is 11.5 Å². The molecule has 0 fully saturated rings. The van der Waals surface area contributed by atoms with Crippen LogP contribution in [0.1, 0.15) is 17.2 Å². The van der Waals surface area contributed by atoms with Crippen LogP contribution in [0.25, 0.3) is 0 Å². The van der Waals surface area contributed by atoms with Gasteiger partial charge in [0.2, 0.25) is 6.79 Å². The molecule has 2 rings (SSSR count). The zero-order chi connectivity index (χ0) is 13.3. The number of ether oxygens (including phenoxy) is 2. The van der Waals surface area contributed by atoms with Gasteiger partial charge in [0.15, 0.2) is 11.5 Å². The van der Waals surface area contributed by atoms with E-state index in [2.05, 4.69) is 0 Å². The first kappa shape index (κ1) is 13.1. The Morgan fingerprint density at radius 3 is 2.50 bits per heavy atom. The fraction of sp³-hybridized carbons (Fsp3) is 0.538. The van der Waals surface area contributed by atoms with Crippen molar-refractivity contribution >= 4 is 0 Å². The molecule has 0 saturated carbocycles. The third kappa shape index (κ3) is 2.29. The minimum absolute atomic E-state index is 0.149. The predicted octanol–water partition coefficient (Wildman–Crippen LogP) is 0.646. The molecule has 100 valence electrons. The lowest BCUT2D eigenvalue weighted by Gasteiger charge is -2.30. The Morgan fingerprint density at radius 2 is 1.94 bits per heavy atom. The molecule has 0 spiro atoms. The number of hydrogen-bond acceptors (Lipinski definition) is 5. The molecule has 5 heteroatoms. The number of nitrogens with zero attached hydrogens (tertiary/aromatic N) is 1. The van der Waals surface area contributed by atoms with Gasteiger partial charge in [0.1, 0.15) is 0 Å². The molecule has 3 N–H and O–H groups in total. The van der Waals surface area contributed by atoms with Gasteiger partial charge in [-0.25, -0.2) is 0 Å². The quantitative estimate of drug-likeness (QED) is 0.823. The van der Waals surface area contributed by atoms with E-state index >= 15 is 0 Å². The summed E-state index contributed by atoms with van der Waals surface area (Å²) in [4.78, 5) is 1.96. The normalized spacial score (nSPS) is 17.0. The summed E-state index contributed by atoms with van der Waals surface area (Å²) in [7, 11) is 3.85. The van der Waals surface area contributed by atoms with Crippen LogP contribution in [0, 0.1) is 6.92 Å². The van der Waals surface area contributed by atoms with Gasteiger partial charge < -0.3 is 25.2 Å². The summed E-state index contributed by atoms with van der Waals surface area (Å²) in [5.74, 6) is 1.49. The van der Waals surface area contributed by atoms with Crippen LogP contribution in [-0.2, 0) is 0 Å². The maximum Gasteiger partial charge on any atom is 0.231 e. The van der Waals surface area contributed by atoms with E-state index in [9.17, 15) is 5.11 Å². The van der Waals surface area contributed by atoms with Crippen molar-refractivity contribution in [1.82, 2.24) is 4.90 Å². The van der Waals surface area contributed by atoms with Crippen LogP contribution >= 0.6 is 0 Å². The Bertz CT molecular complexity index is 434. The second kappa shape index (κ2) is 5.14. The molecule has 2 unspecified atom stereocenters. The Kier molecular flexibility index (Phi) is 3.75. The summed E-state index contributed by atoms with van der Waals surface area (Å²) < 4.78 is 10.7. The fourth-order valence-corrected chi connectivity index (χ4v) is 2.34. The van der Waals surface area contributed by atoms with Gasteiger partial charge in [0, 0.05) is 6.54 Å². The van der Waals surface area contributed by atoms with Gasteiger partial charge in [0.25, 0.3) is 0 Å². The average molecular weight is 252 g/mol. The second-order valence-electron chi connectivity index (χ2n) is 4.77. The number of aryl methyl sites for hydroxylation is 1. The summed E-state index contributed by atoms with van der Waals surface area (Å²) in [5, 5.41) is 10.1. The summed E-state index contributed by atoms with van der Waals surface area (Å²) in [6.07, 6.45) is -0.612. The first-order valence-electron chi connectivity index (χ1n) is 5.99. The highest BCUT2D eigenvalue weighted by atomic mass is 16.7. The predicted molar refractivity (Wildman–Crippen MR) is 68.8 cm³/mol. The van der Waals surface area contributed by atoms with Gasteiger partial charge in [-0.3, -0.25) is 0 Å². The summed E-state index contributed by atoms with van der Waals surface area (Å²) >= 11 is 0. The van der Waals surface area contributed by atoms with Crippen LogP contribution in [-0.4, -0.2) is 43.5 Å². The van der Waals surface area contributed by atoms with Gasteiger partial charge >= 0.3 is 0 Å². The highest BCUT2D eigenvalue weighted by Gasteiger charge is 2.26. The van der Waals surface area contributed by atoms with Gasteiger partial charge in [0.05, 0.1) is 12.1 Å².